The second kappa shape index (κ2) is 6.88. The van der Waals surface area contributed by atoms with Gasteiger partial charge in [0, 0.05) is 19.6 Å². The average Bonchev–Trinajstić information content (AvgIpc) is 2.81. The summed E-state index contributed by atoms with van der Waals surface area (Å²) in [4.78, 5) is 2.32. The topological polar surface area (TPSA) is 24.5 Å². The van der Waals surface area contributed by atoms with E-state index in [2.05, 4.69) is 48.5 Å². The molecule has 0 aromatic heterocycles. The Morgan fingerprint density at radius 1 is 1.28 bits per heavy atom. The van der Waals surface area contributed by atoms with Crippen LogP contribution in [-0.2, 0) is 17.9 Å². The molecule has 1 N–H and O–H groups in total. The highest BCUT2D eigenvalue weighted by molar-refractivity contribution is 5.21. The van der Waals surface area contributed by atoms with Crippen molar-refractivity contribution in [3.05, 3.63) is 35.4 Å². The monoisotopic (exact) mass is 248 g/mol. The van der Waals surface area contributed by atoms with E-state index >= 15 is 0 Å². The van der Waals surface area contributed by atoms with E-state index in [1.54, 1.807) is 0 Å². The molecule has 1 atom stereocenters. The zero-order valence-corrected chi connectivity index (χ0v) is 11.5. The molecule has 0 amide bonds. The normalized spacial score (nSPS) is 20.4. The van der Waals surface area contributed by atoms with Crippen LogP contribution in [0.3, 0.4) is 0 Å². The Hall–Kier alpha value is -0.900. The number of benzene rings is 1. The molecule has 0 saturated carbocycles. The van der Waals surface area contributed by atoms with Gasteiger partial charge in [-0.05, 0) is 31.1 Å². The number of likely N-dealkylation sites (tertiary alicyclic amines) is 1. The quantitative estimate of drug-likeness (QED) is 0.833. The van der Waals surface area contributed by atoms with Crippen molar-refractivity contribution in [1.29, 1.82) is 0 Å². The third-order valence-electron chi connectivity index (χ3n) is 3.44. The summed E-state index contributed by atoms with van der Waals surface area (Å²) in [6, 6.07) is 8.71. The van der Waals surface area contributed by atoms with E-state index in [0.717, 1.165) is 39.2 Å². The molecule has 1 aromatic rings. The van der Waals surface area contributed by atoms with Crippen molar-refractivity contribution in [3.8, 4) is 0 Å². The van der Waals surface area contributed by atoms with Crippen molar-refractivity contribution in [2.24, 2.45) is 0 Å². The standard InChI is InChI=1S/C15H24N2O/c1-3-16-10-13-4-6-14(7-5-13)12-18-15-8-9-17(2)11-15/h4-7,15-16H,3,8-12H2,1-2H3. The number of likely N-dealkylation sites (N-methyl/N-ethyl adjacent to an activating group) is 1. The number of ether oxygens (including phenoxy) is 1. The van der Waals surface area contributed by atoms with Crippen LogP contribution in [0.2, 0.25) is 0 Å². The first-order chi connectivity index (χ1) is 8.78. The molecule has 1 aliphatic rings. The Morgan fingerprint density at radius 2 is 2.00 bits per heavy atom. The summed E-state index contributed by atoms with van der Waals surface area (Å²) in [5.41, 5.74) is 2.60. The highest BCUT2D eigenvalue weighted by atomic mass is 16.5. The van der Waals surface area contributed by atoms with Crippen molar-refractivity contribution < 1.29 is 4.74 Å². The summed E-state index contributed by atoms with van der Waals surface area (Å²) in [5.74, 6) is 0. The van der Waals surface area contributed by atoms with E-state index in [1.165, 1.54) is 11.1 Å². The number of hydrogen-bond acceptors (Lipinski definition) is 3. The fraction of sp³-hybridized carbons (Fsp3) is 0.600. The predicted molar refractivity (Wildman–Crippen MR) is 74.5 cm³/mol. The van der Waals surface area contributed by atoms with Gasteiger partial charge in [0.2, 0.25) is 0 Å². The summed E-state index contributed by atoms with van der Waals surface area (Å²) in [5, 5.41) is 3.33. The van der Waals surface area contributed by atoms with E-state index in [0.29, 0.717) is 6.10 Å². The van der Waals surface area contributed by atoms with Gasteiger partial charge in [0.15, 0.2) is 0 Å². The smallest absolute Gasteiger partial charge is 0.0721 e. The van der Waals surface area contributed by atoms with Gasteiger partial charge >= 0.3 is 0 Å². The minimum absolute atomic E-state index is 0.413. The molecule has 100 valence electrons. The van der Waals surface area contributed by atoms with Crippen LogP contribution in [0, 0.1) is 0 Å². The van der Waals surface area contributed by atoms with Crippen LogP contribution in [0.1, 0.15) is 24.5 Å². The summed E-state index contributed by atoms with van der Waals surface area (Å²) in [7, 11) is 2.15. The van der Waals surface area contributed by atoms with Gasteiger partial charge in [-0.1, -0.05) is 31.2 Å². The van der Waals surface area contributed by atoms with Gasteiger partial charge in [0.1, 0.15) is 0 Å². The molecule has 1 aromatic carbocycles. The molecule has 1 saturated heterocycles. The summed E-state index contributed by atoms with van der Waals surface area (Å²) < 4.78 is 5.92. The SMILES string of the molecule is CCNCc1ccc(COC2CCN(C)C2)cc1. The molecule has 1 fully saturated rings. The lowest BCUT2D eigenvalue weighted by atomic mass is 10.1. The minimum Gasteiger partial charge on any atom is -0.372 e. The van der Waals surface area contributed by atoms with Gasteiger partial charge in [-0.2, -0.15) is 0 Å². The van der Waals surface area contributed by atoms with Crippen LogP contribution in [0.15, 0.2) is 24.3 Å². The summed E-state index contributed by atoms with van der Waals surface area (Å²) in [6.45, 7) is 7.05. The third-order valence-corrected chi connectivity index (χ3v) is 3.44. The lowest BCUT2D eigenvalue weighted by Crippen LogP contribution is -2.19. The largest absolute Gasteiger partial charge is 0.372 e. The fourth-order valence-corrected chi connectivity index (χ4v) is 2.27. The first-order valence-electron chi connectivity index (χ1n) is 6.86. The molecule has 1 unspecified atom stereocenters. The Labute approximate surface area is 110 Å². The van der Waals surface area contributed by atoms with Gasteiger partial charge in [0.05, 0.1) is 12.7 Å². The van der Waals surface area contributed by atoms with Gasteiger partial charge < -0.3 is 15.0 Å². The third kappa shape index (κ3) is 4.09. The minimum atomic E-state index is 0.413. The van der Waals surface area contributed by atoms with Gasteiger partial charge in [0.25, 0.3) is 0 Å². The van der Waals surface area contributed by atoms with Gasteiger partial charge in [-0.25, -0.2) is 0 Å². The van der Waals surface area contributed by atoms with Crippen molar-refractivity contribution in [2.45, 2.75) is 32.6 Å². The predicted octanol–water partition coefficient (Wildman–Crippen LogP) is 2.02. The Balaban J connectivity index is 1.76. The highest BCUT2D eigenvalue weighted by Crippen LogP contribution is 2.13. The number of hydrogen-bond donors (Lipinski definition) is 1. The lowest BCUT2D eigenvalue weighted by molar-refractivity contribution is 0.0483. The van der Waals surface area contributed by atoms with E-state index < -0.39 is 0 Å². The average molecular weight is 248 g/mol. The van der Waals surface area contributed by atoms with Crippen LogP contribution in [0.25, 0.3) is 0 Å². The van der Waals surface area contributed by atoms with Crippen molar-refractivity contribution in [3.63, 3.8) is 0 Å². The second-order valence-electron chi connectivity index (χ2n) is 5.08. The lowest BCUT2D eigenvalue weighted by Gasteiger charge is -2.12. The maximum absolute atomic E-state index is 5.92. The Morgan fingerprint density at radius 3 is 2.61 bits per heavy atom. The van der Waals surface area contributed by atoms with Crippen LogP contribution in [0.4, 0.5) is 0 Å². The molecular formula is C15H24N2O. The molecule has 2 rings (SSSR count). The zero-order chi connectivity index (χ0) is 12.8. The molecule has 1 aliphatic heterocycles. The van der Waals surface area contributed by atoms with Crippen molar-refractivity contribution >= 4 is 0 Å². The van der Waals surface area contributed by atoms with Crippen molar-refractivity contribution in [1.82, 2.24) is 10.2 Å². The molecule has 3 heteroatoms. The molecular weight excluding hydrogens is 224 g/mol. The zero-order valence-electron chi connectivity index (χ0n) is 11.5. The first kappa shape index (κ1) is 13.5. The summed E-state index contributed by atoms with van der Waals surface area (Å²) in [6.07, 6.45) is 1.58. The first-order valence-corrected chi connectivity index (χ1v) is 6.86. The molecule has 1 heterocycles. The molecule has 0 bridgehead atoms. The van der Waals surface area contributed by atoms with E-state index in [-0.39, 0.29) is 0 Å². The maximum Gasteiger partial charge on any atom is 0.0721 e. The van der Waals surface area contributed by atoms with E-state index in [1.807, 2.05) is 0 Å². The molecule has 3 nitrogen and oxygen atoms in total. The van der Waals surface area contributed by atoms with Crippen LogP contribution in [0.5, 0.6) is 0 Å². The number of nitrogens with zero attached hydrogens (tertiary/aromatic N) is 1. The number of nitrogens with one attached hydrogen (secondary N) is 1. The van der Waals surface area contributed by atoms with Gasteiger partial charge in [-0.3, -0.25) is 0 Å². The maximum atomic E-state index is 5.92. The van der Waals surface area contributed by atoms with Crippen LogP contribution in [-0.4, -0.2) is 37.7 Å². The Bertz CT molecular complexity index is 350. The van der Waals surface area contributed by atoms with E-state index in [4.69, 9.17) is 4.74 Å². The second-order valence-corrected chi connectivity index (χ2v) is 5.08. The van der Waals surface area contributed by atoms with E-state index in [9.17, 15) is 0 Å². The fourth-order valence-electron chi connectivity index (χ4n) is 2.27. The summed E-state index contributed by atoms with van der Waals surface area (Å²) >= 11 is 0. The molecule has 18 heavy (non-hydrogen) atoms. The van der Waals surface area contributed by atoms with Gasteiger partial charge in [-0.15, -0.1) is 0 Å². The molecule has 0 aliphatic carbocycles. The van der Waals surface area contributed by atoms with Crippen LogP contribution >= 0.6 is 0 Å². The Kier molecular flexibility index (Phi) is 5.17. The molecule has 0 radical (unpaired) electrons. The van der Waals surface area contributed by atoms with Crippen LogP contribution < -0.4 is 5.32 Å². The van der Waals surface area contributed by atoms with Crippen molar-refractivity contribution in [2.75, 3.05) is 26.7 Å². The number of rotatable bonds is 6. The highest BCUT2D eigenvalue weighted by Gasteiger charge is 2.19. The molecule has 0 spiro atoms.